The molecule has 1 aliphatic heterocycles. The average Bonchev–Trinajstić information content (AvgIpc) is 2.84. The van der Waals surface area contributed by atoms with Gasteiger partial charge in [-0.1, -0.05) is 6.92 Å². The zero-order chi connectivity index (χ0) is 12.1. The molecule has 17 heavy (non-hydrogen) atoms. The molecule has 0 bridgehead atoms. The summed E-state index contributed by atoms with van der Waals surface area (Å²) in [6, 6.07) is 4.12. The minimum absolute atomic E-state index is 0.422. The summed E-state index contributed by atoms with van der Waals surface area (Å²) in [4.78, 5) is 6.81. The van der Waals surface area contributed by atoms with Crippen LogP contribution in [-0.2, 0) is 11.3 Å². The van der Waals surface area contributed by atoms with E-state index in [1.165, 1.54) is 12.8 Å². The number of likely N-dealkylation sites (N-methyl/N-ethyl adjacent to an activating group) is 1. The van der Waals surface area contributed by atoms with E-state index in [0.29, 0.717) is 6.10 Å². The molecule has 1 atom stereocenters. The van der Waals surface area contributed by atoms with Crippen molar-refractivity contribution in [1.29, 1.82) is 0 Å². The van der Waals surface area contributed by atoms with Crippen molar-refractivity contribution >= 4 is 15.9 Å². The number of halogens is 1. The highest BCUT2D eigenvalue weighted by Crippen LogP contribution is 2.15. The number of hydrogen-bond donors (Lipinski definition) is 0. The SMILES string of the molecule is CCN(Cc1ccc(Br)cn1)CC1CCCO1. The first-order chi connectivity index (χ1) is 8.28. The molecule has 2 rings (SSSR count). The Morgan fingerprint density at radius 2 is 2.41 bits per heavy atom. The second-order valence-electron chi connectivity index (χ2n) is 4.43. The Morgan fingerprint density at radius 3 is 3.00 bits per heavy atom. The Kier molecular flexibility index (Phi) is 4.95. The van der Waals surface area contributed by atoms with Crippen LogP contribution in [0.15, 0.2) is 22.8 Å². The quantitative estimate of drug-likeness (QED) is 0.836. The molecular formula is C13H19BrN2O. The van der Waals surface area contributed by atoms with Crippen LogP contribution in [0.4, 0.5) is 0 Å². The van der Waals surface area contributed by atoms with Crippen LogP contribution in [0, 0.1) is 0 Å². The van der Waals surface area contributed by atoms with E-state index < -0.39 is 0 Å². The summed E-state index contributed by atoms with van der Waals surface area (Å²) in [6.45, 7) is 6.09. The lowest BCUT2D eigenvalue weighted by molar-refractivity contribution is 0.0721. The van der Waals surface area contributed by atoms with Gasteiger partial charge in [-0.25, -0.2) is 0 Å². The molecular weight excluding hydrogens is 280 g/mol. The lowest BCUT2D eigenvalue weighted by Gasteiger charge is -2.23. The van der Waals surface area contributed by atoms with Gasteiger partial charge in [0.15, 0.2) is 0 Å². The third-order valence-electron chi connectivity index (χ3n) is 3.11. The largest absolute Gasteiger partial charge is 0.377 e. The summed E-state index contributed by atoms with van der Waals surface area (Å²) in [5, 5.41) is 0. The van der Waals surface area contributed by atoms with Gasteiger partial charge in [0.1, 0.15) is 0 Å². The van der Waals surface area contributed by atoms with E-state index in [1.807, 2.05) is 12.3 Å². The van der Waals surface area contributed by atoms with Crippen LogP contribution in [0.25, 0.3) is 0 Å². The van der Waals surface area contributed by atoms with E-state index in [1.54, 1.807) is 0 Å². The molecule has 1 unspecified atom stereocenters. The molecule has 1 aromatic heterocycles. The molecule has 0 radical (unpaired) electrons. The zero-order valence-corrected chi connectivity index (χ0v) is 11.8. The molecule has 4 heteroatoms. The van der Waals surface area contributed by atoms with Crippen molar-refractivity contribution in [2.45, 2.75) is 32.4 Å². The zero-order valence-electron chi connectivity index (χ0n) is 10.2. The first-order valence-electron chi connectivity index (χ1n) is 6.22. The van der Waals surface area contributed by atoms with Gasteiger partial charge in [-0.05, 0) is 47.4 Å². The van der Waals surface area contributed by atoms with Gasteiger partial charge in [-0.15, -0.1) is 0 Å². The van der Waals surface area contributed by atoms with Crippen molar-refractivity contribution in [3.63, 3.8) is 0 Å². The monoisotopic (exact) mass is 298 g/mol. The van der Waals surface area contributed by atoms with E-state index in [9.17, 15) is 0 Å². The van der Waals surface area contributed by atoms with Gasteiger partial charge in [-0.3, -0.25) is 9.88 Å². The molecule has 1 aromatic rings. The maximum atomic E-state index is 5.67. The van der Waals surface area contributed by atoms with E-state index in [4.69, 9.17) is 4.74 Å². The van der Waals surface area contributed by atoms with Crippen molar-refractivity contribution in [3.05, 3.63) is 28.5 Å². The minimum Gasteiger partial charge on any atom is -0.377 e. The predicted octanol–water partition coefficient (Wildman–Crippen LogP) is 2.85. The van der Waals surface area contributed by atoms with Gasteiger partial charge in [0.2, 0.25) is 0 Å². The van der Waals surface area contributed by atoms with Crippen molar-refractivity contribution in [2.75, 3.05) is 19.7 Å². The van der Waals surface area contributed by atoms with Gasteiger partial charge in [-0.2, -0.15) is 0 Å². The molecule has 3 nitrogen and oxygen atoms in total. The van der Waals surface area contributed by atoms with Gasteiger partial charge in [0, 0.05) is 30.4 Å². The fraction of sp³-hybridized carbons (Fsp3) is 0.615. The lowest BCUT2D eigenvalue weighted by Crippen LogP contribution is -2.31. The summed E-state index contributed by atoms with van der Waals surface area (Å²) < 4.78 is 6.70. The normalized spacial score (nSPS) is 20.1. The molecule has 0 N–H and O–H groups in total. The highest BCUT2D eigenvalue weighted by atomic mass is 79.9. The number of nitrogens with zero attached hydrogens (tertiary/aromatic N) is 2. The van der Waals surface area contributed by atoms with E-state index in [-0.39, 0.29) is 0 Å². The second kappa shape index (κ2) is 6.47. The fourth-order valence-corrected chi connectivity index (χ4v) is 2.35. The maximum absolute atomic E-state index is 5.67. The molecule has 0 amide bonds. The summed E-state index contributed by atoms with van der Waals surface area (Å²) in [6.07, 6.45) is 4.68. The van der Waals surface area contributed by atoms with Gasteiger partial charge >= 0.3 is 0 Å². The van der Waals surface area contributed by atoms with Crippen molar-refractivity contribution in [1.82, 2.24) is 9.88 Å². The lowest BCUT2D eigenvalue weighted by atomic mass is 10.2. The molecule has 0 saturated carbocycles. The second-order valence-corrected chi connectivity index (χ2v) is 5.35. The van der Waals surface area contributed by atoms with Crippen LogP contribution in [0.1, 0.15) is 25.5 Å². The van der Waals surface area contributed by atoms with Crippen LogP contribution in [-0.4, -0.2) is 35.7 Å². The Balaban J connectivity index is 1.87. The highest BCUT2D eigenvalue weighted by Gasteiger charge is 2.18. The Labute approximate surface area is 111 Å². The van der Waals surface area contributed by atoms with Crippen LogP contribution in [0.5, 0.6) is 0 Å². The average molecular weight is 299 g/mol. The van der Waals surface area contributed by atoms with Gasteiger partial charge < -0.3 is 4.74 Å². The first kappa shape index (κ1) is 13.0. The van der Waals surface area contributed by atoms with Gasteiger partial charge in [0.05, 0.1) is 11.8 Å². The number of hydrogen-bond acceptors (Lipinski definition) is 3. The van der Waals surface area contributed by atoms with E-state index in [0.717, 1.165) is 36.4 Å². The Bertz CT molecular complexity index is 336. The van der Waals surface area contributed by atoms with Crippen LogP contribution in [0.2, 0.25) is 0 Å². The van der Waals surface area contributed by atoms with Crippen LogP contribution < -0.4 is 0 Å². The standard InChI is InChI=1S/C13H19BrN2O/c1-2-16(10-13-4-3-7-17-13)9-12-6-5-11(14)8-15-12/h5-6,8,13H,2-4,7,9-10H2,1H3. The fourth-order valence-electron chi connectivity index (χ4n) is 2.11. The summed E-state index contributed by atoms with van der Waals surface area (Å²) in [5.74, 6) is 0. The van der Waals surface area contributed by atoms with Gasteiger partial charge in [0.25, 0.3) is 0 Å². The molecule has 0 spiro atoms. The Hall–Kier alpha value is -0.450. The molecule has 94 valence electrons. The van der Waals surface area contributed by atoms with Crippen molar-refractivity contribution in [2.24, 2.45) is 0 Å². The number of pyridine rings is 1. The topological polar surface area (TPSA) is 25.4 Å². The number of aromatic nitrogens is 1. The molecule has 1 fully saturated rings. The van der Waals surface area contributed by atoms with Crippen molar-refractivity contribution < 1.29 is 4.74 Å². The van der Waals surface area contributed by atoms with Crippen molar-refractivity contribution in [3.8, 4) is 0 Å². The molecule has 1 aliphatic rings. The van der Waals surface area contributed by atoms with E-state index >= 15 is 0 Å². The number of rotatable bonds is 5. The predicted molar refractivity (Wildman–Crippen MR) is 71.9 cm³/mol. The summed E-state index contributed by atoms with van der Waals surface area (Å²) in [7, 11) is 0. The highest BCUT2D eigenvalue weighted by molar-refractivity contribution is 9.10. The Morgan fingerprint density at radius 1 is 1.53 bits per heavy atom. The smallest absolute Gasteiger partial charge is 0.0702 e. The first-order valence-corrected chi connectivity index (χ1v) is 7.01. The molecule has 2 heterocycles. The molecule has 0 aromatic carbocycles. The summed E-state index contributed by atoms with van der Waals surface area (Å²) in [5.41, 5.74) is 1.12. The maximum Gasteiger partial charge on any atom is 0.0702 e. The third-order valence-corrected chi connectivity index (χ3v) is 3.58. The number of ether oxygens (including phenoxy) is 1. The third kappa shape index (κ3) is 4.05. The molecule has 1 saturated heterocycles. The van der Waals surface area contributed by atoms with Crippen LogP contribution in [0.3, 0.4) is 0 Å². The van der Waals surface area contributed by atoms with Crippen LogP contribution >= 0.6 is 15.9 Å². The minimum atomic E-state index is 0.422. The molecule has 0 aliphatic carbocycles. The van der Waals surface area contributed by atoms with E-state index in [2.05, 4.69) is 38.8 Å². The summed E-state index contributed by atoms with van der Waals surface area (Å²) >= 11 is 3.40.